The lowest BCUT2D eigenvalue weighted by Gasteiger charge is -2.27. The number of carbonyl (C=O) groups is 3. The number of benzene rings is 3. The molecule has 1 heterocycles. The summed E-state index contributed by atoms with van der Waals surface area (Å²) in [6, 6.07) is 25.4. The van der Waals surface area contributed by atoms with Crippen molar-refractivity contribution in [1.82, 2.24) is 10.2 Å². The number of nitrogens with one attached hydrogen (secondary N) is 2. The summed E-state index contributed by atoms with van der Waals surface area (Å²) in [6.07, 6.45) is 0.284. The van der Waals surface area contributed by atoms with Crippen molar-refractivity contribution in [3.8, 4) is 0 Å². The van der Waals surface area contributed by atoms with Crippen molar-refractivity contribution in [2.45, 2.75) is 12.0 Å². The van der Waals surface area contributed by atoms with Gasteiger partial charge in [0.25, 0.3) is 5.91 Å². The first kappa shape index (κ1) is 22.1. The molecule has 2 N–H and O–H groups in total. The third kappa shape index (κ3) is 4.57. The summed E-state index contributed by atoms with van der Waals surface area (Å²) < 4.78 is 0. The third-order valence-corrected chi connectivity index (χ3v) is 5.72. The van der Waals surface area contributed by atoms with Gasteiger partial charge >= 0.3 is 6.03 Å². The smallest absolute Gasteiger partial charge is 0.325 e. The number of urea groups is 1. The van der Waals surface area contributed by atoms with Crippen molar-refractivity contribution in [3.05, 3.63) is 96.1 Å². The van der Waals surface area contributed by atoms with E-state index in [1.54, 1.807) is 12.1 Å². The van der Waals surface area contributed by atoms with Gasteiger partial charge in [-0.2, -0.15) is 0 Å². The summed E-state index contributed by atoms with van der Waals surface area (Å²) in [5, 5.41) is 5.63. The van der Waals surface area contributed by atoms with Gasteiger partial charge in [-0.1, -0.05) is 60.7 Å². The topological polar surface area (TPSA) is 81.8 Å². The Kier molecular flexibility index (Phi) is 6.13. The Morgan fingerprint density at radius 3 is 2.12 bits per heavy atom. The van der Waals surface area contributed by atoms with Crippen LogP contribution in [-0.2, 0) is 21.5 Å². The zero-order valence-corrected chi connectivity index (χ0v) is 18.6. The maximum atomic E-state index is 13.6. The average molecular weight is 443 g/mol. The molecule has 0 radical (unpaired) electrons. The van der Waals surface area contributed by atoms with Crippen molar-refractivity contribution >= 4 is 29.2 Å². The lowest BCUT2D eigenvalue weighted by Crippen LogP contribution is -2.46. The molecule has 0 aliphatic carbocycles. The zero-order chi connectivity index (χ0) is 23.4. The summed E-state index contributed by atoms with van der Waals surface area (Å²) in [5.74, 6) is -0.889. The fourth-order valence-electron chi connectivity index (χ4n) is 4.00. The zero-order valence-electron chi connectivity index (χ0n) is 18.6. The fourth-order valence-corrected chi connectivity index (χ4v) is 4.00. The Hall–Kier alpha value is -4.13. The number of amides is 4. The van der Waals surface area contributed by atoms with Crippen molar-refractivity contribution in [3.63, 3.8) is 0 Å². The third-order valence-electron chi connectivity index (χ3n) is 5.72. The molecule has 3 aromatic rings. The van der Waals surface area contributed by atoms with Gasteiger partial charge in [-0.25, -0.2) is 4.79 Å². The molecule has 1 fully saturated rings. The molecular formula is C26H26N4O3. The molecule has 7 nitrogen and oxygen atoms in total. The van der Waals surface area contributed by atoms with Gasteiger partial charge in [0, 0.05) is 31.9 Å². The van der Waals surface area contributed by atoms with Crippen LogP contribution in [0.25, 0.3) is 0 Å². The fraction of sp³-hybridized carbons (Fsp3) is 0.192. The molecule has 168 valence electrons. The number of hydrogen-bond donors (Lipinski definition) is 2. The number of anilines is 2. The van der Waals surface area contributed by atoms with Gasteiger partial charge in [-0.15, -0.1) is 0 Å². The Morgan fingerprint density at radius 1 is 0.909 bits per heavy atom. The number of rotatable bonds is 7. The summed E-state index contributed by atoms with van der Waals surface area (Å²) in [5.41, 5.74) is 1.90. The van der Waals surface area contributed by atoms with Gasteiger partial charge in [0.1, 0.15) is 6.54 Å². The van der Waals surface area contributed by atoms with Gasteiger partial charge in [-0.05, 0) is 35.4 Å². The van der Waals surface area contributed by atoms with Gasteiger partial charge in [0.2, 0.25) is 5.91 Å². The second-order valence-electron chi connectivity index (χ2n) is 8.24. The van der Waals surface area contributed by atoms with E-state index in [4.69, 9.17) is 0 Å². The van der Waals surface area contributed by atoms with Gasteiger partial charge in [0.15, 0.2) is 5.54 Å². The van der Waals surface area contributed by atoms with Crippen molar-refractivity contribution in [1.29, 1.82) is 0 Å². The number of nitrogens with zero attached hydrogens (tertiary/aromatic N) is 2. The highest BCUT2D eigenvalue weighted by molar-refractivity contribution is 6.10. The molecule has 0 bridgehead atoms. The Bertz CT molecular complexity index is 1150. The monoisotopic (exact) mass is 442 g/mol. The van der Waals surface area contributed by atoms with E-state index in [9.17, 15) is 14.4 Å². The molecule has 1 aliphatic rings. The van der Waals surface area contributed by atoms with Gasteiger partial charge in [0.05, 0.1) is 0 Å². The van der Waals surface area contributed by atoms with Crippen LogP contribution >= 0.6 is 0 Å². The van der Waals surface area contributed by atoms with Crippen LogP contribution in [0.5, 0.6) is 0 Å². The second kappa shape index (κ2) is 9.16. The minimum Gasteiger partial charge on any atom is -0.378 e. The second-order valence-corrected chi connectivity index (χ2v) is 8.24. The summed E-state index contributed by atoms with van der Waals surface area (Å²) in [6.45, 7) is -0.372. The van der Waals surface area contributed by atoms with Crippen LogP contribution in [0.4, 0.5) is 16.2 Å². The van der Waals surface area contributed by atoms with Crippen LogP contribution < -0.4 is 15.5 Å². The first-order chi connectivity index (χ1) is 15.9. The van der Waals surface area contributed by atoms with Gasteiger partial charge < -0.3 is 15.5 Å². The van der Waals surface area contributed by atoms with E-state index in [0.29, 0.717) is 11.3 Å². The van der Waals surface area contributed by atoms with Crippen molar-refractivity contribution in [2.75, 3.05) is 30.9 Å². The maximum absolute atomic E-state index is 13.6. The highest BCUT2D eigenvalue weighted by Crippen LogP contribution is 2.33. The highest BCUT2D eigenvalue weighted by Gasteiger charge is 2.52. The van der Waals surface area contributed by atoms with E-state index < -0.39 is 23.4 Å². The molecule has 4 rings (SSSR count). The molecule has 0 saturated carbocycles. The van der Waals surface area contributed by atoms with E-state index in [2.05, 4.69) is 10.6 Å². The molecule has 1 unspecified atom stereocenters. The number of hydrogen-bond acceptors (Lipinski definition) is 4. The minimum atomic E-state index is -1.27. The first-order valence-corrected chi connectivity index (χ1v) is 10.7. The molecule has 4 amide bonds. The number of imide groups is 1. The van der Waals surface area contributed by atoms with E-state index in [-0.39, 0.29) is 13.0 Å². The molecular weight excluding hydrogens is 416 g/mol. The molecule has 1 aliphatic heterocycles. The number of carbonyl (C=O) groups excluding carboxylic acids is 3. The summed E-state index contributed by atoms with van der Waals surface area (Å²) >= 11 is 0. The SMILES string of the molecule is CN(C)c1ccc(NC(=O)CN2C(=O)NC(Cc3ccccc3)(c3ccccc3)C2=O)cc1. The van der Waals surface area contributed by atoms with E-state index in [1.165, 1.54) is 0 Å². The maximum Gasteiger partial charge on any atom is 0.325 e. The molecule has 7 heteroatoms. The van der Waals surface area contributed by atoms with Crippen LogP contribution in [0.1, 0.15) is 11.1 Å². The van der Waals surface area contributed by atoms with Crippen LogP contribution in [0.3, 0.4) is 0 Å². The average Bonchev–Trinajstić information content (AvgIpc) is 3.05. The van der Waals surface area contributed by atoms with E-state index in [0.717, 1.165) is 16.2 Å². The Morgan fingerprint density at radius 2 is 1.52 bits per heavy atom. The van der Waals surface area contributed by atoms with Crippen LogP contribution in [0.2, 0.25) is 0 Å². The Labute approximate surface area is 193 Å². The van der Waals surface area contributed by atoms with Crippen LogP contribution in [0, 0.1) is 0 Å². The Balaban J connectivity index is 1.55. The first-order valence-electron chi connectivity index (χ1n) is 10.7. The molecule has 0 aromatic heterocycles. The largest absolute Gasteiger partial charge is 0.378 e. The normalized spacial score (nSPS) is 17.6. The standard InChI is InChI=1S/C26H26N4O3/c1-29(2)22-15-13-21(14-16-22)27-23(31)18-30-24(32)26(28-25(30)33,20-11-7-4-8-12-20)17-19-9-5-3-6-10-19/h3-16H,17-18H2,1-2H3,(H,27,31)(H,28,33). The van der Waals surface area contributed by atoms with Gasteiger partial charge in [-0.3, -0.25) is 14.5 Å². The molecule has 33 heavy (non-hydrogen) atoms. The van der Waals surface area contributed by atoms with E-state index >= 15 is 0 Å². The van der Waals surface area contributed by atoms with Crippen molar-refractivity contribution in [2.24, 2.45) is 0 Å². The minimum absolute atomic E-state index is 0.284. The van der Waals surface area contributed by atoms with Crippen LogP contribution in [-0.4, -0.2) is 43.4 Å². The lowest BCUT2D eigenvalue weighted by atomic mass is 9.83. The molecule has 1 atom stereocenters. The summed E-state index contributed by atoms with van der Waals surface area (Å²) in [4.78, 5) is 42.1. The van der Waals surface area contributed by atoms with E-state index in [1.807, 2.05) is 91.8 Å². The predicted octanol–water partition coefficient (Wildman–Crippen LogP) is 3.38. The highest BCUT2D eigenvalue weighted by atomic mass is 16.2. The molecule has 0 spiro atoms. The predicted molar refractivity (Wildman–Crippen MR) is 128 cm³/mol. The van der Waals surface area contributed by atoms with Crippen LogP contribution in [0.15, 0.2) is 84.9 Å². The lowest BCUT2D eigenvalue weighted by molar-refractivity contribution is -0.134. The molecule has 3 aromatic carbocycles. The van der Waals surface area contributed by atoms with Crippen molar-refractivity contribution < 1.29 is 14.4 Å². The quantitative estimate of drug-likeness (QED) is 0.550. The summed E-state index contributed by atoms with van der Waals surface area (Å²) in [7, 11) is 3.86. The molecule has 1 saturated heterocycles.